The summed E-state index contributed by atoms with van der Waals surface area (Å²) in [6.07, 6.45) is 2.98. The van der Waals surface area contributed by atoms with Crippen LogP contribution >= 0.6 is 11.3 Å². The van der Waals surface area contributed by atoms with Crippen molar-refractivity contribution in [3.8, 4) is 0 Å². The summed E-state index contributed by atoms with van der Waals surface area (Å²) in [5, 5.41) is 8.95. The molecule has 0 saturated heterocycles. The number of hydrogen-bond donors (Lipinski definition) is 2. The van der Waals surface area contributed by atoms with Crippen molar-refractivity contribution in [1.82, 2.24) is 20.5 Å². The van der Waals surface area contributed by atoms with Crippen molar-refractivity contribution >= 4 is 17.3 Å². The molecule has 3 heterocycles. The number of fused-ring (bicyclic) bond motifs is 1. The van der Waals surface area contributed by atoms with Crippen molar-refractivity contribution in [3.05, 3.63) is 52.0 Å². The second-order valence-electron chi connectivity index (χ2n) is 6.07. The van der Waals surface area contributed by atoms with Crippen LogP contribution in [0.25, 0.3) is 0 Å². The second-order valence-corrected chi connectivity index (χ2v) is 7.07. The van der Waals surface area contributed by atoms with E-state index in [1.165, 1.54) is 12.0 Å². The SMILES string of the molecule is CN=C(NCc1ccccn1)NCC(C)N1CCc2sccc2C1. The molecule has 1 aliphatic rings. The highest BCUT2D eigenvalue weighted by Crippen LogP contribution is 2.24. The Morgan fingerprint density at radius 3 is 3.08 bits per heavy atom. The number of aliphatic imine (C=N–C) groups is 1. The lowest BCUT2D eigenvalue weighted by molar-refractivity contribution is 0.192. The normalized spacial score (nSPS) is 16.5. The zero-order valence-corrected chi connectivity index (χ0v) is 15.1. The van der Waals surface area contributed by atoms with Crippen LogP contribution in [0.5, 0.6) is 0 Å². The Bertz CT molecular complexity index is 667. The van der Waals surface area contributed by atoms with E-state index in [4.69, 9.17) is 0 Å². The molecule has 24 heavy (non-hydrogen) atoms. The molecule has 0 radical (unpaired) electrons. The quantitative estimate of drug-likeness (QED) is 0.646. The van der Waals surface area contributed by atoms with E-state index < -0.39 is 0 Å². The first-order chi connectivity index (χ1) is 11.8. The predicted molar refractivity (Wildman–Crippen MR) is 100 cm³/mol. The van der Waals surface area contributed by atoms with Gasteiger partial charge in [-0.2, -0.15) is 0 Å². The minimum atomic E-state index is 0.464. The molecule has 0 fully saturated rings. The van der Waals surface area contributed by atoms with Gasteiger partial charge in [-0.1, -0.05) is 6.07 Å². The van der Waals surface area contributed by atoms with E-state index in [-0.39, 0.29) is 0 Å². The molecule has 1 aliphatic heterocycles. The molecule has 0 aromatic carbocycles. The monoisotopic (exact) mass is 343 g/mol. The molecular weight excluding hydrogens is 318 g/mol. The van der Waals surface area contributed by atoms with E-state index in [2.05, 4.69) is 43.9 Å². The Morgan fingerprint density at radius 1 is 1.38 bits per heavy atom. The molecule has 0 spiro atoms. The number of pyridine rings is 1. The van der Waals surface area contributed by atoms with Crippen LogP contribution in [0.3, 0.4) is 0 Å². The summed E-state index contributed by atoms with van der Waals surface area (Å²) in [6, 6.07) is 8.66. The fourth-order valence-corrected chi connectivity index (χ4v) is 3.81. The van der Waals surface area contributed by atoms with Crippen molar-refractivity contribution in [3.63, 3.8) is 0 Å². The highest BCUT2D eigenvalue weighted by atomic mass is 32.1. The first kappa shape index (κ1) is 16.9. The molecule has 1 unspecified atom stereocenters. The largest absolute Gasteiger partial charge is 0.355 e. The molecule has 0 aliphatic carbocycles. The Kier molecular flexibility index (Phi) is 5.82. The van der Waals surface area contributed by atoms with Gasteiger partial charge < -0.3 is 10.6 Å². The van der Waals surface area contributed by atoms with Crippen molar-refractivity contribution in [2.75, 3.05) is 20.1 Å². The number of thiophene rings is 1. The van der Waals surface area contributed by atoms with Crippen molar-refractivity contribution in [2.45, 2.75) is 32.5 Å². The summed E-state index contributed by atoms with van der Waals surface area (Å²) in [5.41, 5.74) is 2.50. The molecule has 1 atom stereocenters. The summed E-state index contributed by atoms with van der Waals surface area (Å²) in [5.74, 6) is 0.820. The van der Waals surface area contributed by atoms with Gasteiger partial charge in [0.25, 0.3) is 0 Å². The smallest absolute Gasteiger partial charge is 0.191 e. The number of nitrogens with zero attached hydrogens (tertiary/aromatic N) is 3. The van der Waals surface area contributed by atoms with Crippen LogP contribution in [0.1, 0.15) is 23.1 Å². The first-order valence-corrected chi connectivity index (χ1v) is 9.28. The van der Waals surface area contributed by atoms with Crippen LogP contribution in [0.4, 0.5) is 0 Å². The van der Waals surface area contributed by atoms with Gasteiger partial charge in [0.1, 0.15) is 0 Å². The molecule has 0 bridgehead atoms. The van der Waals surface area contributed by atoms with Crippen LogP contribution in [0.15, 0.2) is 40.8 Å². The van der Waals surface area contributed by atoms with Crippen LogP contribution in [0.2, 0.25) is 0 Å². The number of hydrogen-bond acceptors (Lipinski definition) is 4. The molecule has 0 saturated carbocycles. The lowest BCUT2D eigenvalue weighted by Gasteiger charge is -2.32. The number of nitrogens with one attached hydrogen (secondary N) is 2. The minimum absolute atomic E-state index is 0.464. The molecule has 5 nitrogen and oxygen atoms in total. The minimum Gasteiger partial charge on any atom is -0.355 e. The molecule has 128 valence electrons. The lowest BCUT2D eigenvalue weighted by atomic mass is 10.1. The van der Waals surface area contributed by atoms with Crippen LogP contribution in [-0.4, -0.2) is 42.0 Å². The zero-order chi connectivity index (χ0) is 16.8. The second kappa shape index (κ2) is 8.26. The van der Waals surface area contributed by atoms with Crippen LogP contribution in [0, 0.1) is 0 Å². The van der Waals surface area contributed by atoms with E-state index in [9.17, 15) is 0 Å². The topological polar surface area (TPSA) is 52.6 Å². The van der Waals surface area contributed by atoms with Gasteiger partial charge in [0.15, 0.2) is 5.96 Å². The molecular formula is C18H25N5S. The maximum absolute atomic E-state index is 4.32. The van der Waals surface area contributed by atoms with E-state index in [1.54, 1.807) is 11.9 Å². The Balaban J connectivity index is 1.45. The highest BCUT2D eigenvalue weighted by Gasteiger charge is 2.21. The molecule has 2 aromatic heterocycles. The standard InChI is InChI=1S/C18H25N5S/c1-14(23-9-6-17-15(13-23)7-10-24-17)11-21-18(19-2)22-12-16-5-3-4-8-20-16/h3-5,7-8,10,14H,6,9,11-13H2,1-2H3,(H2,19,21,22). The maximum Gasteiger partial charge on any atom is 0.191 e. The number of aromatic nitrogens is 1. The maximum atomic E-state index is 4.32. The summed E-state index contributed by atoms with van der Waals surface area (Å²) < 4.78 is 0. The predicted octanol–water partition coefficient (Wildman–Crippen LogP) is 2.25. The van der Waals surface area contributed by atoms with E-state index >= 15 is 0 Å². The van der Waals surface area contributed by atoms with Gasteiger partial charge in [0, 0.05) is 43.8 Å². The van der Waals surface area contributed by atoms with Gasteiger partial charge in [-0.15, -0.1) is 11.3 Å². The lowest BCUT2D eigenvalue weighted by Crippen LogP contribution is -2.47. The number of rotatable bonds is 5. The third-order valence-electron chi connectivity index (χ3n) is 4.41. The molecule has 2 N–H and O–H groups in total. The fraction of sp³-hybridized carbons (Fsp3) is 0.444. The van der Waals surface area contributed by atoms with Gasteiger partial charge >= 0.3 is 0 Å². The van der Waals surface area contributed by atoms with Gasteiger partial charge in [0.2, 0.25) is 0 Å². The third kappa shape index (κ3) is 4.33. The Labute approximate surface area is 147 Å². The summed E-state index contributed by atoms with van der Waals surface area (Å²) in [7, 11) is 1.80. The van der Waals surface area contributed by atoms with Gasteiger partial charge in [-0.05, 0) is 42.5 Å². The van der Waals surface area contributed by atoms with Crippen LogP contribution in [-0.2, 0) is 19.5 Å². The summed E-state index contributed by atoms with van der Waals surface area (Å²) in [4.78, 5) is 12.7. The van der Waals surface area contributed by atoms with Crippen LogP contribution < -0.4 is 10.6 Å². The van der Waals surface area contributed by atoms with Crippen molar-refractivity contribution in [1.29, 1.82) is 0 Å². The zero-order valence-electron chi connectivity index (χ0n) is 14.3. The van der Waals surface area contributed by atoms with E-state index in [1.807, 2.05) is 35.7 Å². The Morgan fingerprint density at radius 2 is 2.29 bits per heavy atom. The fourth-order valence-electron chi connectivity index (χ4n) is 2.92. The highest BCUT2D eigenvalue weighted by molar-refractivity contribution is 7.10. The average molecular weight is 344 g/mol. The van der Waals surface area contributed by atoms with Gasteiger partial charge in [-0.3, -0.25) is 14.9 Å². The van der Waals surface area contributed by atoms with E-state index in [0.29, 0.717) is 12.6 Å². The van der Waals surface area contributed by atoms with Gasteiger partial charge in [-0.25, -0.2) is 0 Å². The average Bonchev–Trinajstić information content (AvgIpc) is 3.10. The third-order valence-corrected chi connectivity index (χ3v) is 5.44. The Hall–Kier alpha value is -1.92. The van der Waals surface area contributed by atoms with Crippen molar-refractivity contribution in [2.24, 2.45) is 4.99 Å². The van der Waals surface area contributed by atoms with Gasteiger partial charge in [0.05, 0.1) is 12.2 Å². The summed E-state index contributed by atoms with van der Waals surface area (Å²) in [6.45, 7) is 6.02. The molecule has 3 rings (SSSR count). The summed E-state index contributed by atoms with van der Waals surface area (Å²) >= 11 is 1.89. The first-order valence-electron chi connectivity index (χ1n) is 8.40. The number of guanidine groups is 1. The molecule has 0 amide bonds. The van der Waals surface area contributed by atoms with E-state index in [0.717, 1.165) is 31.3 Å². The molecule has 2 aromatic rings. The molecule has 6 heteroatoms. The van der Waals surface area contributed by atoms with Crippen molar-refractivity contribution < 1.29 is 0 Å².